The molecule has 0 saturated carbocycles. The Labute approximate surface area is 116 Å². The van der Waals surface area contributed by atoms with Crippen molar-refractivity contribution in [1.29, 1.82) is 0 Å². The van der Waals surface area contributed by atoms with Crippen LogP contribution in [-0.4, -0.2) is 30.7 Å². The van der Waals surface area contributed by atoms with Crippen molar-refractivity contribution in [2.45, 2.75) is 25.9 Å². The zero-order chi connectivity index (χ0) is 14.9. The summed E-state index contributed by atoms with van der Waals surface area (Å²) in [7, 11) is 1.64. The molecule has 0 bridgehead atoms. The Balaban J connectivity index is 2.25. The van der Waals surface area contributed by atoms with E-state index in [1.807, 2.05) is 0 Å². The van der Waals surface area contributed by atoms with Gasteiger partial charge in [-0.1, -0.05) is 0 Å². The Morgan fingerprint density at radius 2 is 2.05 bits per heavy atom. The van der Waals surface area contributed by atoms with Crippen molar-refractivity contribution in [3.05, 3.63) is 23.8 Å². The predicted octanol–water partition coefficient (Wildman–Crippen LogP) is 0.878. The second-order valence-corrected chi connectivity index (χ2v) is 4.73. The third-order valence-corrected chi connectivity index (χ3v) is 3.22. The largest absolute Gasteiger partial charge is 0.479 e. The molecule has 6 nitrogen and oxygen atoms in total. The SMILES string of the molecule is CC1Oc2ccc(C(=O)CCC(N)=O)cc2N(C)C1=O. The van der Waals surface area contributed by atoms with Gasteiger partial charge in [0.15, 0.2) is 11.9 Å². The Bertz CT molecular complexity index is 583. The number of amides is 2. The number of anilines is 1. The lowest BCUT2D eigenvalue weighted by Gasteiger charge is -2.30. The van der Waals surface area contributed by atoms with Gasteiger partial charge in [0, 0.05) is 25.5 Å². The Kier molecular flexibility index (Phi) is 3.74. The molecule has 0 saturated heterocycles. The smallest absolute Gasteiger partial charge is 0.267 e. The third-order valence-electron chi connectivity index (χ3n) is 3.22. The molecule has 1 heterocycles. The number of ether oxygens (including phenoxy) is 1. The zero-order valence-corrected chi connectivity index (χ0v) is 11.4. The summed E-state index contributed by atoms with van der Waals surface area (Å²) in [5.41, 5.74) is 6.01. The Morgan fingerprint density at radius 3 is 2.70 bits per heavy atom. The van der Waals surface area contributed by atoms with Gasteiger partial charge in [-0.25, -0.2) is 0 Å². The fourth-order valence-electron chi connectivity index (χ4n) is 2.07. The minimum absolute atomic E-state index is 0.0121. The van der Waals surface area contributed by atoms with Crippen molar-refractivity contribution in [3.8, 4) is 5.75 Å². The molecule has 6 heteroatoms. The lowest BCUT2D eigenvalue weighted by Crippen LogP contribution is -2.42. The number of Topliss-reactive ketones (excluding diaryl/α,β-unsaturated/α-hetero) is 1. The maximum Gasteiger partial charge on any atom is 0.267 e. The first kappa shape index (κ1) is 14.0. The first-order chi connectivity index (χ1) is 9.40. The van der Waals surface area contributed by atoms with Crippen LogP contribution in [0.5, 0.6) is 5.75 Å². The van der Waals surface area contributed by atoms with Crippen LogP contribution in [0.25, 0.3) is 0 Å². The van der Waals surface area contributed by atoms with Crippen molar-refractivity contribution >= 4 is 23.3 Å². The molecule has 2 N–H and O–H groups in total. The van der Waals surface area contributed by atoms with Crippen molar-refractivity contribution in [1.82, 2.24) is 0 Å². The van der Waals surface area contributed by atoms with Crippen molar-refractivity contribution < 1.29 is 19.1 Å². The maximum absolute atomic E-state index is 11.9. The van der Waals surface area contributed by atoms with E-state index in [2.05, 4.69) is 0 Å². The molecule has 0 aromatic heterocycles. The number of hydrogen-bond donors (Lipinski definition) is 1. The highest BCUT2D eigenvalue weighted by atomic mass is 16.5. The lowest BCUT2D eigenvalue weighted by molar-refractivity contribution is -0.125. The molecule has 1 aromatic carbocycles. The number of hydrogen-bond acceptors (Lipinski definition) is 4. The molecule has 0 fully saturated rings. The van der Waals surface area contributed by atoms with Gasteiger partial charge in [-0.2, -0.15) is 0 Å². The summed E-state index contributed by atoms with van der Waals surface area (Å²) in [5, 5.41) is 0. The normalized spacial score (nSPS) is 17.4. The topological polar surface area (TPSA) is 89.7 Å². The lowest BCUT2D eigenvalue weighted by atomic mass is 10.0. The van der Waals surface area contributed by atoms with Gasteiger partial charge in [0.25, 0.3) is 5.91 Å². The molecular weight excluding hydrogens is 260 g/mol. The van der Waals surface area contributed by atoms with Gasteiger partial charge < -0.3 is 15.4 Å². The van der Waals surface area contributed by atoms with Gasteiger partial charge in [0.2, 0.25) is 5.91 Å². The summed E-state index contributed by atoms with van der Waals surface area (Å²) in [5.74, 6) is -0.308. The molecule has 1 aliphatic rings. The number of nitrogens with zero attached hydrogens (tertiary/aromatic N) is 1. The van der Waals surface area contributed by atoms with E-state index in [1.165, 1.54) is 4.90 Å². The van der Waals surface area contributed by atoms with E-state index >= 15 is 0 Å². The summed E-state index contributed by atoms with van der Waals surface area (Å²) < 4.78 is 5.47. The highest BCUT2D eigenvalue weighted by molar-refractivity contribution is 6.03. The van der Waals surface area contributed by atoms with Gasteiger partial charge >= 0.3 is 0 Å². The average Bonchev–Trinajstić information content (AvgIpc) is 2.42. The molecule has 106 valence electrons. The van der Waals surface area contributed by atoms with Gasteiger partial charge in [-0.15, -0.1) is 0 Å². The standard InChI is InChI=1S/C14H16N2O4/c1-8-14(19)16(2)10-7-9(3-5-12(10)20-8)11(17)4-6-13(15)18/h3,5,7-8H,4,6H2,1-2H3,(H2,15,18). The van der Waals surface area contributed by atoms with Crippen molar-refractivity contribution in [3.63, 3.8) is 0 Å². The molecule has 1 atom stereocenters. The van der Waals surface area contributed by atoms with Crippen LogP contribution in [0, 0.1) is 0 Å². The fourth-order valence-corrected chi connectivity index (χ4v) is 2.07. The van der Waals surface area contributed by atoms with Gasteiger partial charge in [-0.05, 0) is 25.1 Å². The van der Waals surface area contributed by atoms with Crippen LogP contribution in [-0.2, 0) is 9.59 Å². The summed E-state index contributed by atoms with van der Waals surface area (Å²) in [6, 6.07) is 4.88. The number of nitrogens with two attached hydrogens (primary N) is 1. The van der Waals surface area contributed by atoms with Crippen LogP contribution >= 0.6 is 0 Å². The Hall–Kier alpha value is -2.37. The number of fused-ring (bicyclic) bond motifs is 1. The molecule has 20 heavy (non-hydrogen) atoms. The fraction of sp³-hybridized carbons (Fsp3) is 0.357. The molecule has 2 amide bonds. The molecule has 1 unspecified atom stereocenters. The molecular formula is C14H16N2O4. The average molecular weight is 276 g/mol. The molecule has 2 rings (SSSR count). The van der Waals surface area contributed by atoms with E-state index in [1.54, 1.807) is 32.2 Å². The number of carbonyl (C=O) groups is 3. The van der Waals surface area contributed by atoms with E-state index in [9.17, 15) is 14.4 Å². The quantitative estimate of drug-likeness (QED) is 0.826. The highest BCUT2D eigenvalue weighted by Gasteiger charge is 2.29. The minimum Gasteiger partial charge on any atom is -0.479 e. The summed E-state index contributed by atoms with van der Waals surface area (Å²) in [4.78, 5) is 35.9. The number of ketones is 1. The number of rotatable bonds is 4. The van der Waals surface area contributed by atoms with E-state index in [0.29, 0.717) is 17.0 Å². The summed E-state index contributed by atoms with van der Waals surface area (Å²) >= 11 is 0. The van der Waals surface area contributed by atoms with Crippen LogP contribution in [0.15, 0.2) is 18.2 Å². The molecule has 1 aromatic rings. The number of likely N-dealkylation sites (N-methyl/N-ethyl adjacent to an activating group) is 1. The third kappa shape index (κ3) is 2.64. The van der Waals surface area contributed by atoms with Crippen molar-refractivity contribution in [2.24, 2.45) is 5.73 Å². The molecule has 0 radical (unpaired) electrons. The summed E-state index contributed by atoms with van der Waals surface area (Å²) in [6.07, 6.45) is -0.467. The van der Waals surface area contributed by atoms with Gasteiger partial charge in [0.1, 0.15) is 5.75 Å². The second kappa shape index (κ2) is 5.32. The van der Waals surface area contributed by atoms with Gasteiger partial charge in [0.05, 0.1) is 5.69 Å². The molecule has 1 aliphatic heterocycles. The molecule has 0 spiro atoms. The van der Waals surface area contributed by atoms with Crippen molar-refractivity contribution in [2.75, 3.05) is 11.9 Å². The second-order valence-electron chi connectivity index (χ2n) is 4.73. The number of benzene rings is 1. The summed E-state index contributed by atoms with van der Waals surface area (Å²) in [6.45, 7) is 1.67. The van der Waals surface area contributed by atoms with Crippen LogP contribution in [0.2, 0.25) is 0 Å². The van der Waals surface area contributed by atoms with Crippen LogP contribution in [0.1, 0.15) is 30.1 Å². The van der Waals surface area contributed by atoms with E-state index in [4.69, 9.17) is 10.5 Å². The van der Waals surface area contributed by atoms with E-state index < -0.39 is 12.0 Å². The van der Waals surface area contributed by atoms with Crippen LogP contribution in [0.3, 0.4) is 0 Å². The highest BCUT2D eigenvalue weighted by Crippen LogP contribution is 2.34. The zero-order valence-electron chi connectivity index (χ0n) is 11.4. The minimum atomic E-state index is -0.538. The van der Waals surface area contributed by atoms with Gasteiger partial charge in [-0.3, -0.25) is 14.4 Å². The van der Waals surface area contributed by atoms with E-state index in [0.717, 1.165) is 0 Å². The molecule has 0 aliphatic carbocycles. The first-order valence-corrected chi connectivity index (χ1v) is 6.30. The van der Waals surface area contributed by atoms with Crippen LogP contribution in [0.4, 0.5) is 5.69 Å². The maximum atomic E-state index is 11.9. The van der Waals surface area contributed by atoms with E-state index in [-0.39, 0.29) is 24.5 Å². The number of primary amides is 1. The monoisotopic (exact) mass is 276 g/mol. The Morgan fingerprint density at radius 1 is 1.35 bits per heavy atom. The van der Waals surface area contributed by atoms with Crippen LogP contribution < -0.4 is 15.4 Å². The number of carbonyl (C=O) groups excluding carboxylic acids is 3. The predicted molar refractivity (Wildman–Crippen MR) is 72.7 cm³/mol. The first-order valence-electron chi connectivity index (χ1n) is 6.30.